The zero-order valence-corrected chi connectivity index (χ0v) is 11.8. The number of unbranched alkanes of at least 4 members (excludes halogenated alkanes) is 6. The monoisotopic (exact) mass is 259 g/mol. The molecule has 0 aromatic carbocycles. The van der Waals surface area contributed by atoms with Crippen LogP contribution < -0.4 is 6.15 Å². The van der Waals surface area contributed by atoms with E-state index in [4.69, 9.17) is 9.47 Å². The summed E-state index contributed by atoms with van der Waals surface area (Å²) in [6.07, 6.45) is 10.7. The van der Waals surface area contributed by atoms with Crippen molar-refractivity contribution in [2.75, 3.05) is 20.3 Å². The number of hydrogen-bond acceptors (Lipinski definition) is 4. The van der Waals surface area contributed by atoms with Crippen LogP contribution in [0.25, 0.3) is 0 Å². The smallest absolute Gasteiger partial charge is 0.305 e. The molecular formula is C14H29NO3. The summed E-state index contributed by atoms with van der Waals surface area (Å²) in [4.78, 5) is 11.2. The van der Waals surface area contributed by atoms with Crippen LogP contribution in [0.2, 0.25) is 0 Å². The molecule has 3 N–H and O–H groups in total. The van der Waals surface area contributed by atoms with Crippen LogP contribution in [-0.4, -0.2) is 26.3 Å². The molecule has 18 heavy (non-hydrogen) atoms. The van der Waals surface area contributed by atoms with E-state index in [0.717, 1.165) is 19.3 Å². The Bertz CT molecular complexity index is 195. The Hall–Kier alpha value is -0.870. The molecule has 0 rings (SSSR count). The second-order valence-corrected chi connectivity index (χ2v) is 4.16. The molecule has 0 heterocycles. The molecule has 0 unspecified atom stereocenters. The van der Waals surface area contributed by atoms with Crippen molar-refractivity contribution >= 4 is 5.97 Å². The number of carbonyl (C=O) groups excluding carboxylic acids is 1. The van der Waals surface area contributed by atoms with Crippen molar-refractivity contribution in [3.63, 3.8) is 0 Å². The molecule has 0 aliphatic rings. The van der Waals surface area contributed by atoms with Gasteiger partial charge in [-0.3, -0.25) is 4.79 Å². The summed E-state index contributed by atoms with van der Waals surface area (Å²) in [7, 11) is 1.60. The van der Waals surface area contributed by atoms with E-state index in [1.165, 1.54) is 25.7 Å². The minimum Gasteiger partial charge on any atom is -0.463 e. The molecule has 0 aromatic heterocycles. The number of methoxy groups -OCH3 is 1. The van der Waals surface area contributed by atoms with Gasteiger partial charge in [0.1, 0.15) is 6.61 Å². The van der Waals surface area contributed by atoms with Crippen LogP contribution in [0.4, 0.5) is 0 Å². The minimum absolute atomic E-state index is 0. The van der Waals surface area contributed by atoms with Crippen molar-refractivity contribution in [2.45, 2.75) is 51.4 Å². The maximum atomic E-state index is 11.2. The van der Waals surface area contributed by atoms with E-state index in [9.17, 15) is 4.79 Å². The first-order valence-electron chi connectivity index (χ1n) is 6.56. The van der Waals surface area contributed by atoms with E-state index in [-0.39, 0.29) is 12.1 Å². The highest BCUT2D eigenvalue weighted by Gasteiger charge is 2.01. The lowest BCUT2D eigenvalue weighted by Gasteiger charge is -2.04. The third-order valence-electron chi connectivity index (χ3n) is 2.59. The van der Waals surface area contributed by atoms with Crippen molar-refractivity contribution in [2.24, 2.45) is 0 Å². The summed E-state index contributed by atoms with van der Waals surface area (Å²) < 4.78 is 9.76. The van der Waals surface area contributed by atoms with Gasteiger partial charge in [0, 0.05) is 13.5 Å². The standard InChI is InChI=1S/C14H26O3.H3N/c1-3-4-5-6-7-8-9-10-11-14(15)17-13-12-16-2;/h3H,1,4-13H2,2H3;1H3. The molecule has 0 aliphatic carbocycles. The quantitative estimate of drug-likeness (QED) is 0.330. The molecule has 0 aliphatic heterocycles. The maximum Gasteiger partial charge on any atom is 0.305 e. The fourth-order valence-electron chi connectivity index (χ4n) is 1.58. The fraction of sp³-hybridized carbons (Fsp3) is 0.786. The molecule has 0 spiro atoms. The average molecular weight is 259 g/mol. The van der Waals surface area contributed by atoms with Gasteiger partial charge in [-0.15, -0.1) is 6.58 Å². The van der Waals surface area contributed by atoms with E-state index in [0.29, 0.717) is 19.6 Å². The van der Waals surface area contributed by atoms with Crippen molar-refractivity contribution in [3.05, 3.63) is 12.7 Å². The Balaban J connectivity index is 0. The van der Waals surface area contributed by atoms with Gasteiger partial charge >= 0.3 is 5.97 Å². The number of rotatable bonds is 12. The summed E-state index contributed by atoms with van der Waals surface area (Å²) in [6.45, 7) is 4.55. The lowest BCUT2D eigenvalue weighted by atomic mass is 10.1. The second kappa shape index (κ2) is 16.1. The fourth-order valence-corrected chi connectivity index (χ4v) is 1.58. The normalized spacial score (nSPS) is 9.61. The number of carbonyl (C=O) groups is 1. The first-order valence-corrected chi connectivity index (χ1v) is 6.56. The molecule has 0 fully saturated rings. The van der Waals surface area contributed by atoms with Crippen LogP contribution in [0.15, 0.2) is 12.7 Å². The van der Waals surface area contributed by atoms with E-state index < -0.39 is 0 Å². The topological polar surface area (TPSA) is 70.5 Å². The number of ether oxygens (including phenoxy) is 2. The Labute approximate surface area is 111 Å². The molecular weight excluding hydrogens is 230 g/mol. The van der Waals surface area contributed by atoms with Crippen molar-refractivity contribution in [1.82, 2.24) is 6.15 Å². The van der Waals surface area contributed by atoms with Gasteiger partial charge in [0.25, 0.3) is 0 Å². The van der Waals surface area contributed by atoms with Crippen LogP contribution in [-0.2, 0) is 14.3 Å². The zero-order valence-electron chi connectivity index (χ0n) is 11.8. The van der Waals surface area contributed by atoms with E-state index in [1.54, 1.807) is 7.11 Å². The summed E-state index contributed by atoms with van der Waals surface area (Å²) in [6, 6.07) is 0. The zero-order chi connectivity index (χ0) is 12.8. The lowest BCUT2D eigenvalue weighted by Crippen LogP contribution is -2.09. The van der Waals surface area contributed by atoms with Crippen LogP contribution in [0.3, 0.4) is 0 Å². The first-order chi connectivity index (χ1) is 8.31. The van der Waals surface area contributed by atoms with Gasteiger partial charge in [-0.25, -0.2) is 0 Å². The lowest BCUT2D eigenvalue weighted by molar-refractivity contribution is -0.145. The van der Waals surface area contributed by atoms with Gasteiger partial charge in [0.2, 0.25) is 0 Å². The largest absolute Gasteiger partial charge is 0.463 e. The van der Waals surface area contributed by atoms with E-state index in [1.807, 2.05) is 6.08 Å². The third kappa shape index (κ3) is 15.1. The molecule has 0 saturated heterocycles. The van der Waals surface area contributed by atoms with Gasteiger partial charge in [-0.1, -0.05) is 31.8 Å². The minimum atomic E-state index is -0.103. The molecule has 0 atom stereocenters. The maximum absolute atomic E-state index is 11.2. The van der Waals surface area contributed by atoms with Crippen LogP contribution in [0.5, 0.6) is 0 Å². The molecule has 0 amide bonds. The molecule has 108 valence electrons. The highest BCUT2D eigenvalue weighted by atomic mass is 16.6. The Morgan fingerprint density at radius 2 is 1.67 bits per heavy atom. The summed E-state index contributed by atoms with van der Waals surface area (Å²) in [5, 5.41) is 0. The van der Waals surface area contributed by atoms with E-state index in [2.05, 4.69) is 6.58 Å². The highest BCUT2D eigenvalue weighted by molar-refractivity contribution is 5.69. The molecule has 4 heteroatoms. The highest BCUT2D eigenvalue weighted by Crippen LogP contribution is 2.09. The van der Waals surface area contributed by atoms with Crippen LogP contribution >= 0.6 is 0 Å². The van der Waals surface area contributed by atoms with Crippen molar-refractivity contribution < 1.29 is 14.3 Å². The van der Waals surface area contributed by atoms with Crippen LogP contribution in [0, 0.1) is 0 Å². The molecule has 4 nitrogen and oxygen atoms in total. The van der Waals surface area contributed by atoms with Crippen LogP contribution in [0.1, 0.15) is 51.4 Å². The van der Waals surface area contributed by atoms with Crippen molar-refractivity contribution in [1.29, 1.82) is 0 Å². The molecule has 0 bridgehead atoms. The molecule has 0 saturated carbocycles. The Morgan fingerprint density at radius 3 is 2.28 bits per heavy atom. The first kappa shape index (κ1) is 19.5. The number of allylic oxidation sites excluding steroid dienone is 1. The van der Waals surface area contributed by atoms with Gasteiger partial charge < -0.3 is 15.6 Å². The van der Waals surface area contributed by atoms with Gasteiger partial charge in [-0.2, -0.15) is 0 Å². The van der Waals surface area contributed by atoms with Crippen molar-refractivity contribution in [3.8, 4) is 0 Å². The third-order valence-corrected chi connectivity index (χ3v) is 2.59. The number of hydrogen-bond donors (Lipinski definition) is 1. The predicted molar refractivity (Wildman–Crippen MR) is 75.0 cm³/mol. The molecule has 0 aromatic rings. The van der Waals surface area contributed by atoms with Gasteiger partial charge in [0.05, 0.1) is 6.61 Å². The Kier molecular flexibility index (Phi) is 17.4. The van der Waals surface area contributed by atoms with E-state index >= 15 is 0 Å². The average Bonchev–Trinajstić information content (AvgIpc) is 2.33. The van der Waals surface area contributed by atoms with Gasteiger partial charge in [0.15, 0.2) is 0 Å². The number of esters is 1. The summed E-state index contributed by atoms with van der Waals surface area (Å²) in [5.41, 5.74) is 0. The molecule has 0 radical (unpaired) electrons. The second-order valence-electron chi connectivity index (χ2n) is 4.16. The summed E-state index contributed by atoms with van der Waals surface area (Å²) in [5.74, 6) is -0.103. The SMILES string of the molecule is C=CCCCCCCCCC(=O)OCCOC.N. The summed E-state index contributed by atoms with van der Waals surface area (Å²) >= 11 is 0. The Morgan fingerprint density at radius 1 is 1.06 bits per heavy atom. The van der Waals surface area contributed by atoms with Gasteiger partial charge in [-0.05, 0) is 19.3 Å². The predicted octanol–water partition coefficient (Wildman–Crippen LogP) is 3.64.